The molecule has 0 saturated carbocycles. The molecule has 0 radical (unpaired) electrons. The minimum atomic E-state index is -0.410. The molecule has 0 saturated heterocycles. The third kappa shape index (κ3) is 6.65. The SMILES string of the molecule is CCOc1cc(/C=C(/C#N)C(=O)NC(C)C)c(Br)cc1OCc1ccc(C)cc1. The Balaban J connectivity index is 2.30. The fourth-order valence-electron chi connectivity index (χ4n) is 2.53. The second kappa shape index (κ2) is 10.7. The molecule has 0 heterocycles. The Labute approximate surface area is 180 Å². The average Bonchev–Trinajstić information content (AvgIpc) is 2.67. The fourth-order valence-corrected chi connectivity index (χ4v) is 2.97. The summed E-state index contributed by atoms with van der Waals surface area (Å²) in [6.07, 6.45) is 1.54. The maximum Gasteiger partial charge on any atom is 0.262 e. The number of aryl methyl sites for hydroxylation is 1. The average molecular weight is 457 g/mol. The first kappa shape index (κ1) is 22.5. The van der Waals surface area contributed by atoms with E-state index in [1.807, 2.05) is 58.0 Å². The molecule has 0 aliphatic carbocycles. The van der Waals surface area contributed by atoms with Crippen molar-refractivity contribution in [2.75, 3.05) is 6.61 Å². The van der Waals surface area contributed by atoms with E-state index in [1.165, 1.54) is 11.6 Å². The molecule has 1 amide bonds. The lowest BCUT2D eigenvalue weighted by molar-refractivity contribution is -0.117. The van der Waals surface area contributed by atoms with E-state index >= 15 is 0 Å². The molecule has 0 atom stereocenters. The molecule has 0 spiro atoms. The lowest BCUT2D eigenvalue weighted by Crippen LogP contribution is -2.30. The summed E-state index contributed by atoms with van der Waals surface area (Å²) in [5.41, 5.74) is 2.93. The van der Waals surface area contributed by atoms with E-state index in [-0.39, 0.29) is 11.6 Å². The number of hydrogen-bond acceptors (Lipinski definition) is 4. The van der Waals surface area contributed by atoms with Crippen LogP contribution in [0.3, 0.4) is 0 Å². The summed E-state index contributed by atoms with van der Waals surface area (Å²) in [6, 6.07) is 13.6. The smallest absolute Gasteiger partial charge is 0.262 e. The fraction of sp³-hybridized carbons (Fsp3) is 0.304. The number of benzene rings is 2. The van der Waals surface area contributed by atoms with Gasteiger partial charge in [0.1, 0.15) is 18.2 Å². The van der Waals surface area contributed by atoms with Gasteiger partial charge in [0.05, 0.1) is 6.61 Å². The van der Waals surface area contributed by atoms with Gasteiger partial charge in [-0.05, 0) is 57.0 Å². The van der Waals surface area contributed by atoms with Gasteiger partial charge in [0.25, 0.3) is 5.91 Å². The monoisotopic (exact) mass is 456 g/mol. The highest BCUT2D eigenvalue weighted by Gasteiger charge is 2.14. The Hall–Kier alpha value is -2.78. The van der Waals surface area contributed by atoms with Gasteiger partial charge in [-0.25, -0.2) is 0 Å². The number of halogens is 1. The van der Waals surface area contributed by atoms with E-state index in [0.29, 0.717) is 34.7 Å². The number of rotatable bonds is 8. The zero-order valence-corrected chi connectivity index (χ0v) is 18.7. The van der Waals surface area contributed by atoms with Crippen molar-refractivity contribution < 1.29 is 14.3 Å². The van der Waals surface area contributed by atoms with Gasteiger partial charge in [0, 0.05) is 10.5 Å². The topological polar surface area (TPSA) is 71.3 Å². The molecule has 1 N–H and O–H groups in total. The zero-order chi connectivity index (χ0) is 21.4. The quantitative estimate of drug-likeness (QED) is 0.439. The molecule has 5 nitrogen and oxygen atoms in total. The van der Waals surface area contributed by atoms with Crippen LogP contribution < -0.4 is 14.8 Å². The largest absolute Gasteiger partial charge is 0.490 e. The normalized spacial score (nSPS) is 11.1. The van der Waals surface area contributed by atoms with Crippen LogP contribution in [0.1, 0.15) is 37.5 Å². The van der Waals surface area contributed by atoms with Gasteiger partial charge in [-0.3, -0.25) is 4.79 Å². The van der Waals surface area contributed by atoms with Crippen LogP contribution in [0.4, 0.5) is 0 Å². The van der Waals surface area contributed by atoms with Crippen LogP contribution in [0.5, 0.6) is 11.5 Å². The Kier molecular flexibility index (Phi) is 8.29. The molecule has 29 heavy (non-hydrogen) atoms. The first-order valence-electron chi connectivity index (χ1n) is 9.41. The van der Waals surface area contributed by atoms with Gasteiger partial charge in [-0.2, -0.15) is 5.26 Å². The Bertz CT molecular complexity index is 928. The molecular weight excluding hydrogens is 432 g/mol. The van der Waals surface area contributed by atoms with E-state index in [4.69, 9.17) is 9.47 Å². The Morgan fingerprint density at radius 3 is 2.45 bits per heavy atom. The number of ether oxygens (including phenoxy) is 2. The molecular formula is C23H25BrN2O3. The molecule has 0 aliphatic rings. The standard InChI is InChI=1S/C23H25BrN2O3/c1-5-28-21-11-18(10-19(13-25)23(27)26-15(2)3)20(24)12-22(21)29-14-17-8-6-16(4)7-9-17/h6-12,15H,5,14H2,1-4H3,(H,26,27)/b19-10-. The van der Waals surface area contributed by atoms with Crippen molar-refractivity contribution in [2.24, 2.45) is 0 Å². The van der Waals surface area contributed by atoms with Crippen molar-refractivity contribution in [3.05, 3.63) is 63.1 Å². The van der Waals surface area contributed by atoms with E-state index < -0.39 is 5.91 Å². The van der Waals surface area contributed by atoms with E-state index in [9.17, 15) is 10.1 Å². The maximum atomic E-state index is 12.2. The molecule has 0 fully saturated rings. The van der Waals surface area contributed by atoms with Gasteiger partial charge in [-0.15, -0.1) is 0 Å². The summed E-state index contributed by atoms with van der Waals surface area (Å²) in [7, 11) is 0. The lowest BCUT2D eigenvalue weighted by Gasteiger charge is -2.14. The summed E-state index contributed by atoms with van der Waals surface area (Å²) < 4.78 is 12.4. The molecule has 6 heteroatoms. The Morgan fingerprint density at radius 1 is 1.21 bits per heavy atom. The molecule has 0 unspecified atom stereocenters. The van der Waals surface area contributed by atoms with Gasteiger partial charge >= 0.3 is 0 Å². The molecule has 2 rings (SSSR count). The number of carbonyl (C=O) groups excluding carboxylic acids is 1. The van der Waals surface area contributed by atoms with Crippen LogP contribution in [-0.4, -0.2) is 18.6 Å². The van der Waals surface area contributed by atoms with Crippen molar-refractivity contribution in [1.82, 2.24) is 5.32 Å². The van der Waals surface area contributed by atoms with Crippen molar-refractivity contribution in [2.45, 2.75) is 40.3 Å². The Morgan fingerprint density at radius 2 is 1.86 bits per heavy atom. The highest BCUT2D eigenvalue weighted by atomic mass is 79.9. The second-order valence-corrected chi connectivity index (χ2v) is 7.68. The summed E-state index contributed by atoms with van der Waals surface area (Å²) >= 11 is 3.50. The van der Waals surface area contributed by atoms with Gasteiger partial charge in [-0.1, -0.05) is 45.8 Å². The minimum absolute atomic E-state index is 0.0233. The minimum Gasteiger partial charge on any atom is -0.490 e. The van der Waals surface area contributed by atoms with Gasteiger partial charge < -0.3 is 14.8 Å². The first-order valence-corrected chi connectivity index (χ1v) is 10.2. The summed E-state index contributed by atoms with van der Waals surface area (Å²) in [5, 5.41) is 12.1. The zero-order valence-electron chi connectivity index (χ0n) is 17.1. The van der Waals surface area contributed by atoms with Crippen LogP contribution in [-0.2, 0) is 11.4 Å². The van der Waals surface area contributed by atoms with Gasteiger partial charge in [0.2, 0.25) is 0 Å². The van der Waals surface area contributed by atoms with E-state index in [0.717, 1.165) is 5.56 Å². The van der Waals surface area contributed by atoms with Crippen LogP contribution in [0, 0.1) is 18.3 Å². The molecule has 2 aromatic rings. The third-order valence-corrected chi connectivity index (χ3v) is 4.65. The number of nitrogens with zero attached hydrogens (tertiary/aromatic N) is 1. The number of nitrogens with one attached hydrogen (secondary N) is 1. The van der Waals surface area contributed by atoms with E-state index in [1.54, 1.807) is 12.1 Å². The third-order valence-electron chi connectivity index (χ3n) is 3.96. The number of amides is 1. The highest BCUT2D eigenvalue weighted by molar-refractivity contribution is 9.10. The van der Waals surface area contributed by atoms with Crippen molar-refractivity contribution in [3.8, 4) is 17.6 Å². The molecule has 0 aromatic heterocycles. The van der Waals surface area contributed by atoms with Crippen LogP contribution in [0.25, 0.3) is 6.08 Å². The molecule has 152 valence electrons. The number of carbonyl (C=O) groups is 1. The summed E-state index contributed by atoms with van der Waals surface area (Å²) in [4.78, 5) is 12.2. The maximum absolute atomic E-state index is 12.2. The number of hydrogen-bond donors (Lipinski definition) is 1. The van der Waals surface area contributed by atoms with Crippen molar-refractivity contribution in [3.63, 3.8) is 0 Å². The predicted octanol–water partition coefficient (Wildman–Crippen LogP) is 5.17. The second-order valence-electron chi connectivity index (χ2n) is 6.83. The van der Waals surface area contributed by atoms with Crippen molar-refractivity contribution in [1.29, 1.82) is 5.26 Å². The molecule has 0 aliphatic heterocycles. The highest BCUT2D eigenvalue weighted by Crippen LogP contribution is 2.35. The van der Waals surface area contributed by atoms with Crippen LogP contribution >= 0.6 is 15.9 Å². The summed E-state index contributed by atoms with van der Waals surface area (Å²) in [6.45, 7) is 8.48. The lowest BCUT2D eigenvalue weighted by atomic mass is 10.1. The molecule has 0 bridgehead atoms. The van der Waals surface area contributed by atoms with Crippen LogP contribution in [0.2, 0.25) is 0 Å². The van der Waals surface area contributed by atoms with E-state index in [2.05, 4.69) is 21.2 Å². The molecule has 2 aromatic carbocycles. The first-order chi connectivity index (χ1) is 13.8. The van der Waals surface area contributed by atoms with Crippen LogP contribution in [0.15, 0.2) is 46.4 Å². The summed E-state index contributed by atoms with van der Waals surface area (Å²) in [5.74, 6) is 0.726. The number of nitriles is 1. The predicted molar refractivity (Wildman–Crippen MR) is 118 cm³/mol. The van der Waals surface area contributed by atoms with Crippen molar-refractivity contribution >= 4 is 27.9 Å². The van der Waals surface area contributed by atoms with Gasteiger partial charge in [0.15, 0.2) is 11.5 Å².